The maximum absolute atomic E-state index is 13.3. The first-order chi connectivity index (χ1) is 15.9. The van der Waals surface area contributed by atoms with Gasteiger partial charge in [0.05, 0.1) is 12.3 Å². The molecule has 6 nitrogen and oxygen atoms in total. The van der Waals surface area contributed by atoms with Crippen LogP contribution in [0.3, 0.4) is 0 Å². The van der Waals surface area contributed by atoms with E-state index in [2.05, 4.69) is 10.6 Å². The lowest BCUT2D eigenvalue weighted by molar-refractivity contribution is -0.140. The van der Waals surface area contributed by atoms with Crippen molar-refractivity contribution >= 4 is 28.5 Å². The summed E-state index contributed by atoms with van der Waals surface area (Å²) >= 11 is 0. The van der Waals surface area contributed by atoms with Gasteiger partial charge >= 0.3 is 0 Å². The highest BCUT2D eigenvalue weighted by Crippen LogP contribution is 2.28. The highest BCUT2D eigenvalue weighted by atomic mass is 16.2. The molecule has 33 heavy (non-hydrogen) atoms. The molecule has 2 aliphatic rings. The second-order valence-electron chi connectivity index (χ2n) is 9.96. The zero-order valence-electron chi connectivity index (χ0n) is 19.7. The zero-order valence-corrected chi connectivity index (χ0v) is 19.7. The van der Waals surface area contributed by atoms with Gasteiger partial charge in [-0.25, -0.2) is 0 Å². The van der Waals surface area contributed by atoms with E-state index in [-0.39, 0.29) is 36.0 Å². The molecule has 0 bridgehead atoms. The number of carbonyl (C=O) groups excluding carboxylic acids is 3. The molecule has 2 fully saturated rings. The van der Waals surface area contributed by atoms with Gasteiger partial charge < -0.3 is 15.5 Å². The molecule has 1 heterocycles. The van der Waals surface area contributed by atoms with Crippen LogP contribution in [0.1, 0.15) is 45.1 Å². The molecular weight excluding hydrogens is 414 g/mol. The maximum Gasteiger partial charge on any atom is 0.245 e. The molecule has 0 spiro atoms. The van der Waals surface area contributed by atoms with Gasteiger partial charge in [0.2, 0.25) is 17.7 Å². The second kappa shape index (κ2) is 10.4. The third-order valence-corrected chi connectivity index (χ3v) is 6.79. The topological polar surface area (TPSA) is 78.5 Å². The van der Waals surface area contributed by atoms with E-state index in [0.717, 1.165) is 35.7 Å². The lowest BCUT2D eigenvalue weighted by Crippen LogP contribution is -2.55. The van der Waals surface area contributed by atoms with Gasteiger partial charge in [-0.2, -0.15) is 0 Å². The Kier molecular flexibility index (Phi) is 7.31. The Morgan fingerprint density at radius 3 is 2.52 bits per heavy atom. The summed E-state index contributed by atoms with van der Waals surface area (Å²) in [6.07, 6.45) is 4.24. The normalized spacial score (nSPS) is 19.4. The molecule has 176 valence electrons. The average Bonchev–Trinajstić information content (AvgIpc) is 3.65. The molecule has 4 rings (SSSR count). The predicted octanol–water partition coefficient (Wildman–Crippen LogP) is 3.29. The van der Waals surface area contributed by atoms with Crippen LogP contribution < -0.4 is 10.6 Å². The number of nitrogens with zero attached hydrogens (tertiary/aromatic N) is 1. The van der Waals surface area contributed by atoms with Crippen LogP contribution in [0.2, 0.25) is 0 Å². The van der Waals surface area contributed by atoms with Gasteiger partial charge in [-0.15, -0.1) is 0 Å². The number of fused-ring (bicyclic) bond motifs is 1. The fourth-order valence-electron chi connectivity index (χ4n) is 4.57. The van der Waals surface area contributed by atoms with Crippen LogP contribution in [0.25, 0.3) is 10.8 Å². The van der Waals surface area contributed by atoms with Gasteiger partial charge in [-0.3, -0.25) is 14.4 Å². The maximum atomic E-state index is 13.3. The van der Waals surface area contributed by atoms with Gasteiger partial charge in [-0.05, 0) is 53.9 Å². The fourth-order valence-corrected chi connectivity index (χ4v) is 4.57. The minimum Gasteiger partial charge on any atom is -0.356 e. The number of likely N-dealkylation sites (tertiary alicyclic amines) is 1. The van der Waals surface area contributed by atoms with E-state index in [0.29, 0.717) is 19.0 Å². The van der Waals surface area contributed by atoms with E-state index in [1.54, 1.807) is 4.90 Å². The van der Waals surface area contributed by atoms with Crippen molar-refractivity contribution in [2.45, 2.75) is 52.0 Å². The largest absolute Gasteiger partial charge is 0.356 e. The predicted molar refractivity (Wildman–Crippen MR) is 129 cm³/mol. The fraction of sp³-hybridized carbons (Fsp3) is 0.519. The molecule has 1 aliphatic carbocycles. The Labute approximate surface area is 196 Å². The van der Waals surface area contributed by atoms with E-state index in [9.17, 15) is 14.4 Å². The number of nitrogens with one attached hydrogen (secondary N) is 2. The molecule has 2 N–H and O–H groups in total. The molecule has 3 amide bonds. The van der Waals surface area contributed by atoms with E-state index < -0.39 is 6.04 Å². The second-order valence-corrected chi connectivity index (χ2v) is 9.96. The molecule has 2 aromatic carbocycles. The average molecular weight is 450 g/mol. The third kappa shape index (κ3) is 6.12. The van der Waals surface area contributed by atoms with Gasteiger partial charge in [0.15, 0.2) is 0 Å². The van der Waals surface area contributed by atoms with Crippen molar-refractivity contribution < 1.29 is 14.4 Å². The lowest BCUT2D eigenvalue weighted by atomic mass is 9.94. The van der Waals surface area contributed by atoms with E-state index in [1.165, 1.54) is 12.8 Å². The Hall–Kier alpha value is -2.89. The minimum absolute atomic E-state index is 0.0397. The van der Waals surface area contributed by atoms with Crippen LogP contribution in [-0.2, 0) is 20.8 Å². The number of carbonyl (C=O) groups is 3. The molecule has 1 saturated carbocycles. The number of piperidine rings is 1. The summed E-state index contributed by atoms with van der Waals surface area (Å²) in [6.45, 7) is 5.71. The highest BCUT2D eigenvalue weighted by Gasteiger charge is 2.34. The van der Waals surface area contributed by atoms with Crippen molar-refractivity contribution in [2.75, 3.05) is 19.6 Å². The summed E-state index contributed by atoms with van der Waals surface area (Å²) < 4.78 is 0. The smallest absolute Gasteiger partial charge is 0.245 e. The summed E-state index contributed by atoms with van der Waals surface area (Å²) in [5, 5.41) is 8.26. The highest BCUT2D eigenvalue weighted by molar-refractivity contribution is 5.90. The molecule has 0 aromatic heterocycles. The summed E-state index contributed by atoms with van der Waals surface area (Å²) in [4.78, 5) is 40.5. The van der Waals surface area contributed by atoms with Crippen molar-refractivity contribution in [3.63, 3.8) is 0 Å². The van der Waals surface area contributed by atoms with Crippen LogP contribution in [0.15, 0.2) is 42.5 Å². The number of hydrogen-bond acceptors (Lipinski definition) is 3. The summed E-state index contributed by atoms with van der Waals surface area (Å²) in [5.41, 5.74) is 0.923. The molecular formula is C27H35N3O3. The van der Waals surface area contributed by atoms with Gasteiger partial charge in [0, 0.05) is 19.6 Å². The number of benzene rings is 2. The quantitative estimate of drug-likeness (QED) is 0.649. The summed E-state index contributed by atoms with van der Waals surface area (Å²) in [7, 11) is 0. The van der Waals surface area contributed by atoms with Crippen LogP contribution in [0, 0.1) is 17.8 Å². The van der Waals surface area contributed by atoms with Crippen LogP contribution in [0.4, 0.5) is 0 Å². The molecule has 0 radical (unpaired) electrons. The number of hydrogen-bond donors (Lipinski definition) is 2. The van der Waals surface area contributed by atoms with Crippen molar-refractivity contribution in [3.8, 4) is 0 Å². The van der Waals surface area contributed by atoms with Gasteiger partial charge in [-0.1, -0.05) is 56.3 Å². The number of amides is 3. The first-order valence-corrected chi connectivity index (χ1v) is 12.2. The van der Waals surface area contributed by atoms with Crippen LogP contribution >= 0.6 is 0 Å². The Morgan fingerprint density at radius 2 is 1.79 bits per heavy atom. The molecule has 6 heteroatoms. The van der Waals surface area contributed by atoms with Crippen molar-refractivity contribution in [2.24, 2.45) is 17.8 Å². The van der Waals surface area contributed by atoms with Crippen molar-refractivity contribution in [3.05, 3.63) is 48.0 Å². The van der Waals surface area contributed by atoms with E-state index >= 15 is 0 Å². The lowest BCUT2D eigenvalue weighted by Gasteiger charge is -2.35. The number of rotatable bonds is 8. The Balaban J connectivity index is 1.35. The Morgan fingerprint density at radius 1 is 1.03 bits per heavy atom. The van der Waals surface area contributed by atoms with Crippen LogP contribution in [-0.4, -0.2) is 48.3 Å². The zero-order chi connectivity index (χ0) is 23.4. The van der Waals surface area contributed by atoms with Crippen LogP contribution in [0.5, 0.6) is 0 Å². The molecule has 2 aromatic rings. The third-order valence-electron chi connectivity index (χ3n) is 6.79. The first kappa shape index (κ1) is 23.3. The summed E-state index contributed by atoms with van der Waals surface area (Å²) in [6, 6.07) is 13.5. The molecule has 1 aliphatic heterocycles. The van der Waals surface area contributed by atoms with Gasteiger partial charge in [0.25, 0.3) is 0 Å². The van der Waals surface area contributed by atoms with Crippen molar-refractivity contribution in [1.82, 2.24) is 15.5 Å². The minimum atomic E-state index is -0.591. The van der Waals surface area contributed by atoms with Gasteiger partial charge in [0.1, 0.15) is 6.04 Å². The Bertz CT molecular complexity index is 1010. The summed E-state index contributed by atoms with van der Waals surface area (Å²) in [5.74, 6) is 0.244. The standard InChI is InChI=1S/C27H35N3O3/c1-18(2)25(29-24(31)15-20-11-12-21-6-3-4-7-22(21)14-20)27(33)30-13-5-8-23(17-30)26(32)28-16-19-9-10-19/h3-4,6-7,11-12,14,18-19,23,25H,5,8-10,13,15-17H2,1-2H3,(H,28,32)(H,29,31). The molecule has 1 saturated heterocycles. The SMILES string of the molecule is CC(C)C(NC(=O)Cc1ccc2ccccc2c1)C(=O)N1CCCC(C(=O)NCC2CC2)C1. The van der Waals surface area contributed by atoms with E-state index in [4.69, 9.17) is 0 Å². The monoisotopic (exact) mass is 449 g/mol. The van der Waals surface area contributed by atoms with E-state index in [1.807, 2.05) is 56.3 Å². The first-order valence-electron chi connectivity index (χ1n) is 12.2. The molecule has 2 atom stereocenters. The molecule has 2 unspecified atom stereocenters. The van der Waals surface area contributed by atoms with Crippen molar-refractivity contribution in [1.29, 1.82) is 0 Å².